The zero-order valence-electron chi connectivity index (χ0n) is 14.9. The van der Waals surface area contributed by atoms with E-state index in [0.29, 0.717) is 12.1 Å². The molecule has 130 valence electrons. The number of hydrogen-bond acceptors (Lipinski definition) is 4. The van der Waals surface area contributed by atoms with Crippen LogP contribution in [0.3, 0.4) is 0 Å². The van der Waals surface area contributed by atoms with E-state index >= 15 is 0 Å². The number of hydrogen-bond donors (Lipinski definition) is 1. The monoisotopic (exact) mass is 338 g/mol. The molecule has 25 heavy (non-hydrogen) atoms. The van der Waals surface area contributed by atoms with Crippen LogP contribution in [0.2, 0.25) is 0 Å². The second-order valence-electron chi connectivity index (χ2n) is 6.15. The maximum Gasteiger partial charge on any atom is 0.252 e. The highest BCUT2D eigenvalue weighted by Gasteiger charge is 2.20. The van der Waals surface area contributed by atoms with E-state index in [0.717, 1.165) is 22.5 Å². The lowest BCUT2D eigenvalue weighted by Gasteiger charge is -2.16. The summed E-state index contributed by atoms with van der Waals surface area (Å²) in [5.41, 5.74) is 4.59. The average Bonchev–Trinajstić information content (AvgIpc) is 3.16. The molecule has 0 aliphatic heterocycles. The van der Waals surface area contributed by atoms with Gasteiger partial charge in [0, 0.05) is 23.9 Å². The molecule has 0 saturated carbocycles. The summed E-state index contributed by atoms with van der Waals surface area (Å²) in [4.78, 5) is 16.8. The van der Waals surface area contributed by atoms with Gasteiger partial charge in [-0.1, -0.05) is 18.2 Å². The summed E-state index contributed by atoms with van der Waals surface area (Å²) in [5, 5.41) is 11.6. The molecule has 0 fully saturated rings. The average molecular weight is 338 g/mol. The van der Waals surface area contributed by atoms with Crippen LogP contribution in [-0.4, -0.2) is 30.5 Å². The number of benzene rings is 1. The third kappa shape index (κ3) is 3.45. The lowest BCUT2D eigenvalue weighted by Crippen LogP contribution is -2.28. The van der Waals surface area contributed by atoms with Crippen molar-refractivity contribution in [2.24, 2.45) is 7.05 Å². The summed E-state index contributed by atoms with van der Waals surface area (Å²) in [5.74, 6) is -0.106. The first-order valence-electron chi connectivity index (χ1n) is 8.18. The third-order valence-corrected chi connectivity index (χ3v) is 4.41. The fourth-order valence-electron chi connectivity index (χ4n) is 3.13. The van der Waals surface area contributed by atoms with Crippen molar-refractivity contribution in [1.29, 1.82) is 0 Å². The minimum atomic E-state index is -0.124. The van der Waals surface area contributed by atoms with E-state index in [1.165, 1.54) is 6.33 Å². The van der Waals surface area contributed by atoms with Gasteiger partial charge in [-0.25, -0.2) is 9.67 Å². The van der Waals surface area contributed by atoms with Crippen molar-refractivity contribution in [3.05, 3.63) is 65.0 Å². The van der Waals surface area contributed by atoms with Crippen molar-refractivity contribution in [2.75, 3.05) is 0 Å². The van der Waals surface area contributed by atoms with Crippen molar-refractivity contribution in [1.82, 2.24) is 29.9 Å². The second-order valence-corrected chi connectivity index (χ2v) is 6.15. The van der Waals surface area contributed by atoms with Gasteiger partial charge in [0.2, 0.25) is 0 Å². The molecule has 2 aromatic heterocycles. The Labute approximate surface area is 146 Å². The Hall–Kier alpha value is -2.96. The topological polar surface area (TPSA) is 77.6 Å². The summed E-state index contributed by atoms with van der Waals surface area (Å²) < 4.78 is 3.54. The molecule has 7 nitrogen and oxygen atoms in total. The molecule has 0 saturated heterocycles. The van der Waals surface area contributed by atoms with Gasteiger partial charge in [-0.3, -0.25) is 9.48 Å². The first kappa shape index (κ1) is 16.9. The number of rotatable bonds is 5. The molecule has 1 amide bonds. The molecule has 0 aliphatic carbocycles. The smallest absolute Gasteiger partial charge is 0.252 e. The van der Waals surface area contributed by atoms with Crippen molar-refractivity contribution in [3.63, 3.8) is 0 Å². The molecule has 0 aliphatic rings. The number of aromatic nitrogens is 5. The van der Waals surface area contributed by atoms with Gasteiger partial charge in [-0.15, -0.1) is 0 Å². The number of nitrogens with one attached hydrogen (secondary N) is 1. The van der Waals surface area contributed by atoms with Crippen LogP contribution >= 0.6 is 0 Å². The summed E-state index contributed by atoms with van der Waals surface area (Å²) in [7, 11) is 1.91. The van der Waals surface area contributed by atoms with E-state index < -0.39 is 0 Å². The molecule has 0 spiro atoms. The van der Waals surface area contributed by atoms with Gasteiger partial charge >= 0.3 is 0 Å². The largest absolute Gasteiger partial charge is 0.345 e. The minimum absolute atomic E-state index is 0.106. The lowest BCUT2D eigenvalue weighted by atomic mass is 10.0. The molecular weight excluding hydrogens is 316 g/mol. The quantitative estimate of drug-likeness (QED) is 0.773. The first-order chi connectivity index (χ1) is 12.0. The normalized spacial score (nSPS) is 12.2. The number of amides is 1. The number of carbonyl (C=O) groups is 1. The fraction of sp³-hybridized carbons (Fsp3) is 0.333. The highest BCUT2D eigenvalue weighted by molar-refractivity contribution is 5.95. The van der Waals surface area contributed by atoms with E-state index in [1.807, 2.05) is 56.8 Å². The molecule has 3 rings (SSSR count). The molecule has 1 aromatic carbocycles. The number of carbonyl (C=O) groups excluding carboxylic acids is 1. The lowest BCUT2D eigenvalue weighted by molar-refractivity contribution is 0.0938. The Morgan fingerprint density at radius 3 is 2.68 bits per heavy atom. The predicted molar refractivity (Wildman–Crippen MR) is 94.1 cm³/mol. The van der Waals surface area contributed by atoms with Crippen LogP contribution in [0.4, 0.5) is 0 Å². The van der Waals surface area contributed by atoms with Gasteiger partial charge in [0.1, 0.15) is 12.7 Å². The van der Waals surface area contributed by atoms with Gasteiger partial charge in [-0.2, -0.15) is 10.2 Å². The van der Waals surface area contributed by atoms with Crippen LogP contribution in [0.1, 0.15) is 45.8 Å². The standard InChI is InChI=1S/C18H22N6O/c1-12(17-13(2)22-23(4)14(17)3)21-18(25)16-8-6-5-7-15(16)9-24-11-19-10-20-24/h5-8,10-12H,9H2,1-4H3,(H,21,25)/t12-/m1/s1. The Morgan fingerprint density at radius 1 is 1.28 bits per heavy atom. The van der Waals surface area contributed by atoms with Gasteiger partial charge in [0.05, 0.1) is 18.3 Å². The molecular formula is C18H22N6O. The van der Waals surface area contributed by atoms with Crippen LogP contribution in [0.5, 0.6) is 0 Å². The van der Waals surface area contributed by atoms with Gasteiger partial charge in [0.25, 0.3) is 5.91 Å². The molecule has 0 bridgehead atoms. The van der Waals surface area contributed by atoms with Crippen LogP contribution in [-0.2, 0) is 13.6 Å². The highest BCUT2D eigenvalue weighted by Crippen LogP contribution is 2.21. The Morgan fingerprint density at radius 2 is 2.04 bits per heavy atom. The summed E-state index contributed by atoms with van der Waals surface area (Å²) >= 11 is 0. The maximum absolute atomic E-state index is 12.8. The SMILES string of the molecule is Cc1nn(C)c(C)c1[C@@H](C)NC(=O)c1ccccc1Cn1cncn1. The van der Waals surface area contributed by atoms with Gasteiger partial charge in [0.15, 0.2) is 0 Å². The van der Waals surface area contributed by atoms with E-state index in [1.54, 1.807) is 11.0 Å². The Bertz CT molecular complexity index is 881. The van der Waals surface area contributed by atoms with E-state index in [9.17, 15) is 4.79 Å². The van der Waals surface area contributed by atoms with Gasteiger partial charge < -0.3 is 5.32 Å². The van der Waals surface area contributed by atoms with E-state index in [-0.39, 0.29) is 11.9 Å². The maximum atomic E-state index is 12.8. The van der Waals surface area contributed by atoms with Crippen LogP contribution < -0.4 is 5.32 Å². The second kappa shape index (κ2) is 6.88. The first-order valence-corrected chi connectivity index (χ1v) is 8.18. The summed E-state index contributed by atoms with van der Waals surface area (Å²) in [6.07, 6.45) is 3.12. The minimum Gasteiger partial charge on any atom is -0.345 e. The molecule has 0 radical (unpaired) electrons. The van der Waals surface area contributed by atoms with E-state index in [2.05, 4.69) is 20.5 Å². The Kier molecular flexibility index (Phi) is 4.65. The molecule has 1 N–H and O–H groups in total. The Balaban J connectivity index is 1.82. The van der Waals surface area contributed by atoms with Crippen molar-refractivity contribution in [3.8, 4) is 0 Å². The summed E-state index contributed by atoms with van der Waals surface area (Å²) in [6, 6.07) is 7.42. The molecule has 1 atom stereocenters. The van der Waals surface area contributed by atoms with Crippen LogP contribution in [0.25, 0.3) is 0 Å². The van der Waals surface area contributed by atoms with Gasteiger partial charge in [-0.05, 0) is 32.4 Å². The molecule has 0 unspecified atom stereocenters. The van der Waals surface area contributed by atoms with Crippen LogP contribution in [0, 0.1) is 13.8 Å². The molecule has 7 heteroatoms. The predicted octanol–water partition coefficient (Wildman–Crippen LogP) is 2.17. The highest BCUT2D eigenvalue weighted by atomic mass is 16.1. The zero-order chi connectivity index (χ0) is 18.0. The summed E-state index contributed by atoms with van der Waals surface area (Å²) in [6.45, 7) is 6.46. The number of nitrogens with zero attached hydrogens (tertiary/aromatic N) is 5. The van der Waals surface area contributed by atoms with E-state index in [4.69, 9.17) is 0 Å². The zero-order valence-corrected chi connectivity index (χ0v) is 14.9. The van der Waals surface area contributed by atoms with Crippen molar-refractivity contribution in [2.45, 2.75) is 33.4 Å². The molecule has 2 heterocycles. The fourth-order valence-corrected chi connectivity index (χ4v) is 3.13. The van der Waals surface area contributed by atoms with Crippen LogP contribution in [0.15, 0.2) is 36.9 Å². The molecule has 3 aromatic rings. The van der Waals surface area contributed by atoms with Crippen molar-refractivity contribution >= 4 is 5.91 Å². The third-order valence-electron chi connectivity index (χ3n) is 4.41. The van der Waals surface area contributed by atoms with Crippen molar-refractivity contribution < 1.29 is 4.79 Å². The number of aryl methyl sites for hydroxylation is 2.